The van der Waals surface area contributed by atoms with Gasteiger partial charge in [0, 0.05) is 16.9 Å². The minimum atomic E-state index is -0.719. The highest BCUT2D eigenvalue weighted by molar-refractivity contribution is 5.85. The quantitative estimate of drug-likeness (QED) is 0.546. The van der Waals surface area contributed by atoms with E-state index in [1.807, 2.05) is 6.08 Å². The lowest BCUT2D eigenvalue weighted by Crippen LogP contribution is -2.65. The van der Waals surface area contributed by atoms with E-state index in [0.717, 1.165) is 56.9 Å². The lowest BCUT2D eigenvalue weighted by Gasteiger charge is -2.64. The minimum absolute atomic E-state index is 0.147. The van der Waals surface area contributed by atoms with Gasteiger partial charge in [0.15, 0.2) is 0 Å². The van der Waals surface area contributed by atoms with Gasteiger partial charge in [-0.1, -0.05) is 26.0 Å². The number of esters is 1. The third kappa shape index (κ3) is 2.09. The fraction of sp³-hybridized carbons (Fsp3) is 0.783. The molecule has 1 aliphatic heterocycles. The molecule has 3 fully saturated rings. The van der Waals surface area contributed by atoms with Gasteiger partial charge in [-0.15, -0.1) is 0 Å². The third-order valence-electron chi connectivity index (χ3n) is 9.65. The van der Waals surface area contributed by atoms with Crippen LogP contribution in [-0.2, 0) is 9.53 Å². The summed E-state index contributed by atoms with van der Waals surface area (Å²) in [6, 6.07) is 0. The number of cyclic esters (lactones) is 1. The van der Waals surface area contributed by atoms with Crippen LogP contribution in [0.3, 0.4) is 0 Å². The molecular weight excluding hydrogens is 340 g/mol. The van der Waals surface area contributed by atoms with Crippen molar-refractivity contribution < 1.29 is 19.7 Å². The molecule has 7 unspecified atom stereocenters. The second kappa shape index (κ2) is 5.48. The molecule has 5 rings (SSSR count). The zero-order valence-corrected chi connectivity index (χ0v) is 16.5. The molecule has 3 saturated carbocycles. The second-order valence-corrected chi connectivity index (χ2v) is 10.3. The van der Waals surface area contributed by atoms with Crippen molar-refractivity contribution in [2.75, 3.05) is 6.61 Å². The smallest absolute Gasteiger partial charge is 0.331 e. The molecule has 148 valence electrons. The Bertz CT molecular complexity index is 741. The van der Waals surface area contributed by atoms with E-state index in [-0.39, 0.29) is 28.6 Å². The highest BCUT2D eigenvalue weighted by Gasteiger charge is 2.69. The highest BCUT2D eigenvalue weighted by atomic mass is 16.5. The maximum atomic E-state index is 12.1. The van der Waals surface area contributed by atoms with E-state index in [1.165, 1.54) is 0 Å². The topological polar surface area (TPSA) is 66.8 Å². The number of hydrogen-bond acceptors (Lipinski definition) is 4. The molecular formula is C23H32O4. The summed E-state index contributed by atoms with van der Waals surface area (Å²) < 4.78 is 5.19. The fourth-order valence-corrected chi connectivity index (χ4v) is 7.97. The Hall–Kier alpha value is -1.13. The molecule has 5 aliphatic rings. The van der Waals surface area contributed by atoms with Gasteiger partial charge in [-0.05, 0) is 74.7 Å². The fourth-order valence-electron chi connectivity index (χ4n) is 7.97. The number of ether oxygens (including phenoxy) is 1. The largest absolute Gasteiger partial charge is 0.458 e. The van der Waals surface area contributed by atoms with Crippen LogP contribution < -0.4 is 0 Å². The Morgan fingerprint density at radius 2 is 1.78 bits per heavy atom. The number of carbonyl (C=O) groups excluding carboxylic acids is 1. The summed E-state index contributed by atoms with van der Waals surface area (Å²) >= 11 is 0. The monoisotopic (exact) mass is 372 g/mol. The van der Waals surface area contributed by atoms with Gasteiger partial charge in [-0.2, -0.15) is 0 Å². The number of carbonyl (C=O) groups is 1. The zero-order valence-electron chi connectivity index (χ0n) is 16.5. The van der Waals surface area contributed by atoms with Gasteiger partial charge in [0.05, 0.1) is 11.2 Å². The molecule has 7 atom stereocenters. The summed E-state index contributed by atoms with van der Waals surface area (Å²) in [5, 5.41) is 23.5. The summed E-state index contributed by atoms with van der Waals surface area (Å²) in [5.74, 6) is 0.585. The zero-order chi connectivity index (χ0) is 19.1. The highest BCUT2D eigenvalue weighted by Crippen LogP contribution is 2.70. The van der Waals surface area contributed by atoms with E-state index < -0.39 is 11.2 Å². The van der Waals surface area contributed by atoms with Crippen molar-refractivity contribution in [1.29, 1.82) is 0 Å². The van der Waals surface area contributed by atoms with Crippen LogP contribution >= 0.6 is 0 Å². The number of fused-ring (bicyclic) bond motifs is 5. The molecule has 4 nitrogen and oxygen atoms in total. The molecule has 0 amide bonds. The van der Waals surface area contributed by atoms with Crippen molar-refractivity contribution in [3.8, 4) is 0 Å². The summed E-state index contributed by atoms with van der Waals surface area (Å²) in [6.07, 6.45) is 13.2. The van der Waals surface area contributed by atoms with E-state index in [9.17, 15) is 15.0 Å². The van der Waals surface area contributed by atoms with Gasteiger partial charge in [0.2, 0.25) is 0 Å². The summed E-state index contributed by atoms with van der Waals surface area (Å²) in [5.41, 5.74) is -0.701. The van der Waals surface area contributed by atoms with Gasteiger partial charge in [0.1, 0.15) is 6.61 Å². The van der Waals surface area contributed by atoms with Crippen molar-refractivity contribution in [3.05, 3.63) is 23.8 Å². The SMILES string of the molecule is CC12CCC=CC1(O)CCC1C2CCC2(C)C(C3=CC(=O)OC3)CCC12O. The molecule has 4 heteroatoms. The molecule has 0 saturated heterocycles. The average Bonchev–Trinajstić information content (AvgIpc) is 3.16. The first-order valence-corrected chi connectivity index (χ1v) is 10.7. The van der Waals surface area contributed by atoms with Gasteiger partial charge < -0.3 is 14.9 Å². The molecule has 0 aromatic heterocycles. The van der Waals surface area contributed by atoms with E-state index in [0.29, 0.717) is 12.5 Å². The molecule has 0 radical (unpaired) electrons. The lowest BCUT2D eigenvalue weighted by atomic mass is 9.43. The van der Waals surface area contributed by atoms with E-state index in [2.05, 4.69) is 19.9 Å². The first kappa shape index (κ1) is 17.9. The molecule has 1 heterocycles. The van der Waals surface area contributed by atoms with Crippen molar-refractivity contribution in [2.45, 2.75) is 76.4 Å². The Kier molecular flexibility index (Phi) is 3.64. The van der Waals surface area contributed by atoms with E-state index in [4.69, 9.17) is 4.74 Å². The van der Waals surface area contributed by atoms with Crippen LogP contribution in [0.25, 0.3) is 0 Å². The lowest BCUT2D eigenvalue weighted by molar-refractivity contribution is -0.227. The normalized spacial score (nSPS) is 54.0. The standard InChI is InChI=1S/C23H32O4/c1-20-8-3-4-9-22(20,25)11-6-18-17(20)5-10-21(2)16(7-12-23(18,21)26)15-13-19(24)27-14-15/h4,9,13,16-18,25-26H,3,5-8,10-12,14H2,1-2H3. The Morgan fingerprint density at radius 3 is 2.52 bits per heavy atom. The van der Waals surface area contributed by atoms with Crippen LogP contribution in [0.4, 0.5) is 0 Å². The van der Waals surface area contributed by atoms with E-state index in [1.54, 1.807) is 6.08 Å². The van der Waals surface area contributed by atoms with Crippen molar-refractivity contribution in [1.82, 2.24) is 0 Å². The van der Waals surface area contributed by atoms with Crippen LogP contribution in [0.5, 0.6) is 0 Å². The minimum Gasteiger partial charge on any atom is -0.458 e. The van der Waals surface area contributed by atoms with Crippen molar-refractivity contribution in [2.24, 2.45) is 28.6 Å². The summed E-state index contributed by atoms with van der Waals surface area (Å²) in [6.45, 7) is 4.90. The number of hydrogen-bond donors (Lipinski definition) is 2. The molecule has 0 spiro atoms. The number of aliphatic hydroxyl groups is 2. The maximum Gasteiger partial charge on any atom is 0.331 e. The molecule has 0 aromatic carbocycles. The second-order valence-electron chi connectivity index (χ2n) is 10.3. The summed E-state index contributed by atoms with van der Waals surface area (Å²) in [4.78, 5) is 11.6. The van der Waals surface area contributed by atoms with Crippen LogP contribution in [0, 0.1) is 28.6 Å². The van der Waals surface area contributed by atoms with Gasteiger partial charge in [-0.25, -0.2) is 4.79 Å². The Balaban J connectivity index is 1.51. The molecule has 0 bridgehead atoms. The number of rotatable bonds is 1. The van der Waals surface area contributed by atoms with Crippen molar-refractivity contribution in [3.63, 3.8) is 0 Å². The molecule has 27 heavy (non-hydrogen) atoms. The van der Waals surface area contributed by atoms with Crippen molar-refractivity contribution >= 4 is 5.97 Å². The van der Waals surface area contributed by atoms with Crippen LogP contribution in [0.1, 0.15) is 65.2 Å². The third-order valence-corrected chi connectivity index (χ3v) is 9.65. The Labute approximate surface area is 161 Å². The van der Waals surface area contributed by atoms with Crippen LogP contribution in [0.2, 0.25) is 0 Å². The maximum absolute atomic E-state index is 12.1. The van der Waals surface area contributed by atoms with Gasteiger partial charge in [-0.3, -0.25) is 0 Å². The average molecular weight is 373 g/mol. The molecule has 2 N–H and O–H groups in total. The van der Waals surface area contributed by atoms with Crippen LogP contribution in [0.15, 0.2) is 23.8 Å². The molecule has 4 aliphatic carbocycles. The van der Waals surface area contributed by atoms with E-state index >= 15 is 0 Å². The molecule has 0 aromatic rings. The first-order valence-electron chi connectivity index (χ1n) is 10.7. The predicted octanol–water partition coefficient (Wildman–Crippen LogP) is 3.52. The van der Waals surface area contributed by atoms with Gasteiger partial charge in [0.25, 0.3) is 0 Å². The predicted molar refractivity (Wildman–Crippen MR) is 102 cm³/mol. The summed E-state index contributed by atoms with van der Waals surface area (Å²) in [7, 11) is 0. The van der Waals surface area contributed by atoms with Crippen LogP contribution in [-0.4, -0.2) is 34.0 Å². The van der Waals surface area contributed by atoms with Gasteiger partial charge >= 0.3 is 5.97 Å². The number of allylic oxidation sites excluding steroid dienone is 1. The Morgan fingerprint density at radius 1 is 1.00 bits per heavy atom. The first-order chi connectivity index (χ1) is 12.7.